The molecule has 5 nitrogen and oxygen atoms in total. The molecule has 1 heterocycles. The lowest BCUT2D eigenvalue weighted by molar-refractivity contribution is 0.321. The van der Waals surface area contributed by atoms with Gasteiger partial charge in [-0.25, -0.2) is 0 Å². The van der Waals surface area contributed by atoms with E-state index >= 15 is 0 Å². The molecule has 1 N–H and O–H groups in total. The summed E-state index contributed by atoms with van der Waals surface area (Å²) in [4.78, 5) is 0. The Balaban J connectivity index is 1.67. The highest BCUT2D eigenvalue weighted by molar-refractivity contribution is 5.55. The van der Waals surface area contributed by atoms with Crippen LogP contribution >= 0.6 is 0 Å². The molecule has 0 amide bonds. The standard InChI is InChI=1S/C22H26N2O3/c1-25-20-12-11-18(21(26-2)22(20)27-3)14-23-15-19-10-7-13-24(19)16-17-8-5-4-6-9-17/h4-13,23H,14-16H2,1-3H3. The van der Waals surface area contributed by atoms with Gasteiger partial charge in [-0.2, -0.15) is 0 Å². The third-order valence-corrected chi connectivity index (χ3v) is 4.53. The first-order chi connectivity index (χ1) is 13.3. The van der Waals surface area contributed by atoms with Crippen molar-refractivity contribution in [2.75, 3.05) is 21.3 Å². The van der Waals surface area contributed by atoms with Crippen LogP contribution < -0.4 is 19.5 Å². The number of hydrogen-bond acceptors (Lipinski definition) is 4. The molecule has 0 fully saturated rings. The molecule has 0 bridgehead atoms. The van der Waals surface area contributed by atoms with Crippen LogP contribution in [0.2, 0.25) is 0 Å². The van der Waals surface area contributed by atoms with E-state index < -0.39 is 0 Å². The number of hydrogen-bond donors (Lipinski definition) is 1. The Labute approximate surface area is 160 Å². The minimum Gasteiger partial charge on any atom is -0.493 e. The molecule has 0 saturated carbocycles. The predicted octanol–water partition coefficient (Wildman–Crippen LogP) is 3.85. The molecule has 0 spiro atoms. The molecule has 27 heavy (non-hydrogen) atoms. The van der Waals surface area contributed by atoms with E-state index in [2.05, 4.69) is 52.5 Å². The van der Waals surface area contributed by atoms with Crippen LogP contribution in [0.5, 0.6) is 17.2 Å². The third kappa shape index (κ3) is 4.44. The Kier molecular flexibility index (Phi) is 6.39. The zero-order valence-corrected chi connectivity index (χ0v) is 16.1. The Morgan fingerprint density at radius 2 is 1.56 bits per heavy atom. The average molecular weight is 366 g/mol. The Bertz CT molecular complexity index is 859. The summed E-state index contributed by atoms with van der Waals surface area (Å²) in [6.07, 6.45) is 2.11. The lowest BCUT2D eigenvalue weighted by atomic mass is 10.1. The summed E-state index contributed by atoms with van der Waals surface area (Å²) in [5.74, 6) is 1.98. The van der Waals surface area contributed by atoms with Gasteiger partial charge in [0.25, 0.3) is 0 Å². The van der Waals surface area contributed by atoms with E-state index in [1.54, 1.807) is 21.3 Å². The van der Waals surface area contributed by atoms with Gasteiger partial charge in [-0.05, 0) is 23.8 Å². The molecule has 2 aromatic carbocycles. The van der Waals surface area contributed by atoms with Gasteiger partial charge in [0.2, 0.25) is 5.75 Å². The van der Waals surface area contributed by atoms with Crippen LogP contribution in [0.1, 0.15) is 16.8 Å². The minimum absolute atomic E-state index is 0.617. The number of nitrogens with zero attached hydrogens (tertiary/aromatic N) is 1. The molecule has 3 aromatic rings. The zero-order valence-electron chi connectivity index (χ0n) is 16.1. The largest absolute Gasteiger partial charge is 0.493 e. The Hall–Kier alpha value is -2.92. The van der Waals surface area contributed by atoms with Gasteiger partial charge in [0, 0.05) is 37.1 Å². The maximum atomic E-state index is 5.55. The maximum Gasteiger partial charge on any atom is 0.203 e. The van der Waals surface area contributed by atoms with Crippen molar-refractivity contribution in [1.29, 1.82) is 0 Å². The second kappa shape index (κ2) is 9.14. The number of rotatable bonds is 9. The molecule has 142 valence electrons. The number of ether oxygens (including phenoxy) is 3. The molecular formula is C22H26N2O3. The summed E-state index contributed by atoms with van der Waals surface area (Å²) in [5.41, 5.74) is 3.55. The Morgan fingerprint density at radius 1 is 0.778 bits per heavy atom. The molecule has 5 heteroatoms. The van der Waals surface area contributed by atoms with E-state index in [4.69, 9.17) is 14.2 Å². The fourth-order valence-electron chi connectivity index (χ4n) is 3.17. The number of methoxy groups -OCH3 is 3. The lowest BCUT2D eigenvalue weighted by Gasteiger charge is -2.16. The van der Waals surface area contributed by atoms with Gasteiger partial charge in [-0.3, -0.25) is 0 Å². The molecule has 3 rings (SSSR count). The number of aromatic nitrogens is 1. The summed E-state index contributed by atoms with van der Waals surface area (Å²) in [5, 5.41) is 3.50. The summed E-state index contributed by atoms with van der Waals surface area (Å²) in [7, 11) is 4.88. The normalized spacial score (nSPS) is 10.6. The van der Waals surface area contributed by atoms with Crippen LogP contribution in [0.3, 0.4) is 0 Å². The smallest absolute Gasteiger partial charge is 0.203 e. The maximum absolute atomic E-state index is 5.55. The molecule has 0 unspecified atom stereocenters. The summed E-state index contributed by atoms with van der Waals surface area (Å²) < 4.78 is 18.6. The van der Waals surface area contributed by atoms with Gasteiger partial charge in [0.1, 0.15) is 0 Å². The van der Waals surface area contributed by atoms with Gasteiger partial charge >= 0.3 is 0 Å². The van der Waals surface area contributed by atoms with Crippen molar-refractivity contribution < 1.29 is 14.2 Å². The molecule has 0 aliphatic rings. The molecule has 1 aromatic heterocycles. The van der Waals surface area contributed by atoms with Crippen LogP contribution in [0.15, 0.2) is 60.8 Å². The van der Waals surface area contributed by atoms with Crippen molar-refractivity contribution in [3.8, 4) is 17.2 Å². The number of nitrogens with one attached hydrogen (secondary N) is 1. The molecule has 0 saturated heterocycles. The van der Waals surface area contributed by atoms with Crippen molar-refractivity contribution in [2.45, 2.75) is 19.6 Å². The molecule has 0 aliphatic carbocycles. The van der Waals surface area contributed by atoms with E-state index in [1.165, 1.54) is 11.3 Å². The van der Waals surface area contributed by atoms with Crippen molar-refractivity contribution in [2.24, 2.45) is 0 Å². The van der Waals surface area contributed by atoms with Crippen LogP contribution in [0.25, 0.3) is 0 Å². The molecular weight excluding hydrogens is 340 g/mol. The fourth-order valence-corrected chi connectivity index (χ4v) is 3.17. The van der Waals surface area contributed by atoms with E-state index in [-0.39, 0.29) is 0 Å². The SMILES string of the molecule is COc1ccc(CNCc2cccn2Cc2ccccc2)c(OC)c1OC. The quantitative estimate of drug-likeness (QED) is 0.625. The predicted molar refractivity (Wildman–Crippen MR) is 107 cm³/mol. The fraction of sp³-hybridized carbons (Fsp3) is 0.273. The Morgan fingerprint density at radius 3 is 2.26 bits per heavy atom. The first kappa shape index (κ1) is 18.9. The third-order valence-electron chi connectivity index (χ3n) is 4.53. The van der Waals surface area contributed by atoms with E-state index in [0.29, 0.717) is 23.8 Å². The van der Waals surface area contributed by atoms with Crippen LogP contribution in [0, 0.1) is 0 Å². The molecule has 0 atom stereocenters. The highest BCUT2D eigenvalue weighted by Crippen LogP contribution is 2.39. The van der Waals surface area contributed by atoms with Gasteiger partial charge in [0.05, 0.1) is 21.3 Å². The van der Waals surface area contributed by atoms with Crippen molar-refractivity contribution in [1.82, 2.24) is 9.88 Å². The lowest BCUT2D eigenvalue weighted by Crippen LogP contribution is -2.16. The topological polar surface area (TPSA) is 44.7 Å². The average Bonchev–Trinajstić information content (AvgIpc) is 3.15. The van der Waals surface area contributed by atoms with Crippen LogP contribution in [-0.4, -0.2) is 25.9 Å². The monoisotopic (exact) mass is 366 g/mol. The summed E-state index contributed by atoms with van der Waals surface area (Å²) in [6, 6.07) is 18.6. The second-order valence-electron chi connectivity index (χ2n) is 6.21. The van der Waals surface area contributed by atoms with Crippen molar-refractivity contribution in [3.05, 3.63) is 77.6 Å². The first-order valence-corrected chi connectivity index (χ1v) is 8.93. The second-order valence-corrected chi connectivity index (χ2v) is 6.21. The van der Waals surface area contributed by atoms with E-state index in [9.17, 15) is 0 Å². The number of benzene rings is 2. The van der Waals surface area contributed by atoms with E-state index in [0.717, 1.165) is 18.7 Å². The van der Waals surface area contributed by atoms with Crippen LogP contribution in [0.4, 0.5) is 0 Å². The van der Waals surface area contributed by atoms with E-state index in [1.807, 2.05) is 18.2 Å². The zero-order chi connectivity index (χ0) is 19.1. The van der Waals surface area contributed by atoms with Gasteiger partial charge in [0.15, 0.2) is 11.5 Å². The highest BCUT2D eigenvalue weighted by atomic mass is 16.5. The van der Waals surface area contributed by atoms with Gasteiger partial charge in [-0.1, -0.05) is 36.4 Å². The van der Waals surface area contributed by atoms with Crippen molar-refractivity contribution >= 4 is 0 Å². The molecule has 0 aliphatic heterocycles. The highest BCUT2D eigenvalue weighted by Gasteiger charge is 2.15. The van der Waals surface area contributed by atoms with Crippen molar-refractivity contribution in [3.63, 3.8) is 0 Å². The first-order valence-electron chi connectivity index (χ1n) is 8.93. The van der Waals surface area contributed by atoms with Crippen LogP contribution in [-0.2, 0) is 19.6 Å². The van der Waals surface area contributed by atoms with Gasteiger partial charge in [-0.15, -0.1) is 0 Å². The summed E-state index contributed by atoms with van der Waals surface area (Å²) in [6.45, 7) is 2.29. The minimum atomic E-state index is 0.617. The molecule has 0 radical (unpaired) electrons. The summed E-state index contributed by atoms with van der Waals surface area (Å²) >= 11 is 0. The van der Waals surface area contributed by atoms with Gasteiger partial charge < -0.3 is 24.1 Å².